The molecule has 0 aliphatic heterocycles. The molecule has 3 N–H and O–H groups in total. The number of carbonyl (C=O) groups is 3. The van der Waals surface area contributed by atoms with Crippen LogP contribution in [0, 0.1) is 0 Å². The first-order chi connectivity index (χ1) is 10.4. The average molecular weight is 310 g/mol. The summed E-state index contributed by atoms with van der Waals surface area (Å²) in [6.45, 7) is 3.36. The monoisotopic (exact) mass is 310 g/mol. The van der Waals surface area contributed by atoms with Gasteiger partial charge in [0.15, 0.2) is 12.7 Å². The van der Waals surface area contributed by atoms with Crippen LogP contribution in [0.15, 0.2) is 24.3 Å². The summed E-state index contributed by atoms with van der Waals surface area (Å²) in [6.07, 6.45) is -1.15. The zero-order valence-electron chi connectivity index (χ0n) is 12.3. The third-order valence-electron chi connectivity index (χ3n) is 2.42. The Bertz CT molecular complexity index is 529. The summed E-state index contributed by atoms with van der Waals surface area (Å²) >= 11 is 0. The van der Waals surface area contributed by atoms with Crippen molar-refractivity contribution < 1.29 is 28.6 Å². The van der Waals surface area contributed by atoms with Crippen molar-refractivity contribution in [1.29, 1.82) is 0 Å². The summed E-state index contributed by atoms with van der Waals surface area (Å²) in [5.41, 5.74) is 4.78. The molecule has 1 atom stereocenters. The third-order valence-corrected chi connectivity index (χ3v) is 2.42. The van der Waals surface area contributed by atoms with E-state index in [4.69, 9.17) is 19.9 Å². The second-order valence-corrected chi connectivity index (χ2v) is 4.18. The molecule has 0 aliphatic rings. The Kier molecular flexibility index (Phi) is 6.68. The van der Waals surface area contributed by atoms with E-state index in [1.165, 1.54) is 6.92 Å². The summed E-state index contributed by atoms with van der Waals surface area (Å²) in [6, 6.07) is 5.67. The summed E-state index contributed by atoms with van der Waals surface area (Å²) in [7, 11) is 0. The number of nitrogens with one attached hydrogen (secondary N) is 1. The molecule has 0 radical (unpaired) electrons. The summed E-state index contributed by atoms with van der Waals surface area (Å²) in [5, 5.41) is 1.81. The number of rotatable bonds is 7. The molecule has 0 aliphatic carbocycles. The average Bonchev–Trinajstić information content (AvgIpc) is 2.46. The number of benzene rings is 1. The number of amides is 3. The van der Waals surface area contributed by atoms with Gasteiger partial charge in [-0.05, 0) is 38.1 Å². The third kappa shape index (κ3) is 6.12. The Balaban J connectivity index is 2.39. The van der Waals surface area contributed by atoms with Crippen LogP contribution in [-0.4, -0.2) is 37.2 Å². The highest BCUT2D eigenvalue weighted by molar-refractivity contribution is 5.96. The van der Waals surface area contributed by atoms with Gasteiger partial charge < -0.3 is 19.9 Å². The maximum Gasteiger partial charge on any atom is 0.344 e. The van der Waals surface area contributed by atoms with E-state index in [1.54, 1.807) is 24.3 Å². The molecule has 0 aromatic heterocycles. The van der Waals surface area contributed by atoms with Crippen LogP contribution in [0.5, 0.6) is 11.5 Å². The van der Waals surface area contributed by atoms with E-state index < -0.39 is 24.0 Å². The molecule has 0 fully saturated rings. The molecule has 0 spiro atoms. The van der Waals surface area contributed by atoms with Gasteiger partial charge in [0.05, 0.1) is 6.61 Å². The SMILES string of the molecule is CCOc1ccc(OCC(=O)OC(C)C(=O)NC(N)=O)cc1. The molecular weight excluding hydrogens is 292 g/mol. The van der Waals surface area contributed by atoms with Crippen molar-refractivity contribution in [2.45, 2.75) is 20.0 Å². The Morgan fingerprint density at radius 1 is 1.14 bits per heavy atom. The minimum atomic E-state index is -1.15. The van der Waals surface area contributed by atoms with Gasteiger partial charge in [-0.1, -0.05) is 0 Å². The van der Waals surface area contributed by atoms with Crippen molar-refractivity contribution >= 4 is 17.9 Å². The van der Waals surface area contributed by atoms with Gasteiger partial charge in [0.25, 0.3) is 5.91 Å². The van der Waals surface area contributed by atoms with Crippen LogP contribution in [0.25, 0.3) is 0 Å². The van der Waals surface area contributed by atoms with E-state index in [2.05, 4.69) is 0 Å². The molecule has 8 nitrogen and oxygen atoms in total. The van der Waals surface area contributed by atoms with E-state index in [-0.39, 0.29) is 6.61 Å². The minimum Gasteiger partial charge on any atom is -0.494 e. The van der Waals surface area contributed by atoms with Crippen molar-refractivity contribution in [3.8, 4) is 11.5 Å². The maximum absolute atomic E-state index is 11.5. The molecule has 0 heterocycles. The van der Waals surface area contributed by atoms with Crippen LogP contribution in [0.3, 0.4) is 0 Å². The van der Waals surface area contributed by atoms with Crippen molar-refractivity contribution in [3.05, 3.63) is 24.3 Å². The highest BCUT2D eigenvalue weighted by atomic mass is 16.6. The van der Waals surface area contributed by atoms with Crippen LogP contribution in [-0.2, 0) is 14.3 Å². The molecule has 3 amide bonds. The van der Waals surface area contributed by atoms with Gasteiger partial charge in [0, 0.05) is 0 Å². The van der Waals surface area contributed by atoms with Gasteiger partial charge in [-0.3, -0.25) is 10.1 Å². The Morgan fingerprint density at radius 3 is 2.18 bits per heavy atom. The van der Waals surface area contributed by atoms with Gasteiger partial charge in [0.2, 0.25) is 0 Å². The van der Waals surface area contributed by atoms with E-state index in [9.17, 15) is 14.4 Å². The van der Waals surface area contributed by atoms with E-state index in [1.807, 2.05) is 12.2 Å². The summed E-state index contributed by atoms with van der Waals surface area (Å²) < 4.78 is 15.3. The number of primary amides is 1. The zero-order valence-corrected chi connectivity index (χ0v) is 12.3. The first kappa shape index (κ1) is 17.3. The molecule has 1 aromatic carbocycles. The molecule has 1 aromatic rings. The number of ether oxygens (including phenoxy) is 3. The zero-order chi connectivity index (χ0) is 16.5. The molecule has 1 unspecified atom stereocenters. The van der Waals surface area contributed by atoms with Crippen LogP contribution in [0.4, 0.5) is 4.79 Å². The van der Waals surface area contributed by atoms with Gasteiger partial charge in [-0.15, -0.1) is 0 Å². The first-order valence-electron chi connectivity index (χ1n) is 6.57. The molecule has 8 heteroatoms. The number of esters is 1. The predicted molar refractivity (Wildman–Crippen MR) is 76.4 cm³/mol. The lowest BCUT2D eigenvalue weighted by atomic mass is 10.3. The fourth-order valence-electron chi connectivity index (χ4n) is 1.45. The number of hydrogen-bond acceptors (Lipinski definition) is 6. The minimum absolute atomic E-state index is 0.373. The normalized spacial score (nSPS) is 11.2. The number of hydrogen-bond donors (Lipinski definition) is 2. The van der Waals surface area contributed by atoms with E-state index >= 15 is 0 Å². The van der Waals surface area contributed by atoms with Crippen LogP contribution in [0.2, 0.25) is 0 Å². The van der Waals surface area contributed by atoms with Gasteiger partial charge in [-0.25, -0.2) is 9.59 Å². The smallest absolute Gasteiger partial charge is 0.344 e. The lowest BCUT2D eigenvalue weighted by Crippen LogP contribution is -2.42. The van der Waals surface area contributed by atoms with Gasteiger partial charge in [-0.2, -0.15) is 0 Å². The van der Waals surface area contributed by atoms with Crippen molar-refractivity contribution in [3.63, 3.8) is 0 Å². The Labute approximate surface area is 127 Å². The number of nitrogens with two attached hydrogens (primary N) is 1. The van der Waals surface area contributed by atoms with Crippen molar-refractivity contribution in [2.24, 2.45) is 5.73 Å². The van der Waals surface area contributed by atoms with Crippen molar-refractivity contribution in [1.82, 2.24) is 5.32 Å². The number of carbonyl (C=O) groups excluding carboxylic acids is 3. The van der Waals surface area contributed by atoms with E-state index in [0.717, 1.165) is 0 Å². The quantitative estimate of drug-likeness (QED) is 0.712. The highest BCUT2D eigenvalue weighted by Crippen LogP contribution is 2.17. The molecule has 22 heavy (non-hydrogen) atoms. The van der Waals surface area contributed by atoms with Crippen LogP contribution in [0.1, 0.15) is 13.8 Å². The number of urea groups is 1. The molecule has 120 valence electrons. The van der Waals surface area contributed by atoms with Crippen LogP contribution < -0.4 is 20.5 Å². The standard InChI is InChI=1S/C14H18N2O6/c1-3-20-10-4-6-11(7-5-10)21-8-12(17)22-9(2)13(18)16-14(15)19/h4-7,9H,3,8H2,1-2H3,(H3,15,16,18,19). The molecule has 0 saturated carbocycles. The summed E-state index contributed by atoms with van der Waals surface area (Å²) in [4.78, 5) is 33.3. The van der Waals surface area contributed by atoms with Crippen molar-refractivity contribution in [2.75, 3.05) is 13.2 Å². The Morgan fingerprint density at radius 2 is 1.68 bits per heavy atom. The number of imide groups is 1. The van der Waals surface area contributed by atoms with Gasteiger partial charge >= 0.3 is 12.0 Å². The second-order valence-electron chi connectivity index (χ2n) is 4.18. The first-order valence-corrected chi connectivity index (χ1v) is 6.57. The molecule has 0 saturated heterocycles. The highest BCUT2D eigenvalue weighted by Gasteiger charge is 2.19. The molecule has 0 bridgehead atoms. The molecular formula is C14H18N2O6. The fourth-order valence-corrected chi connectivity index (χ4v) is 1.45. The Hall–Kier alpha value is -2.77. The largest absolute Gasteiger partial charge is 0.494 e. The molecule has 1 rings (SSSR count). The topological polar surface area (TPSA) is 117 Å². The lowest BCUT2D eigenvalue weighted by Gasteiger charge is -2.12. The lowest BCUT2D eigenvalue weighted by molar-refractivity contribution is -0.156. The summed E-state index contributed by atoms with van der Waals surface area (Å²) in [5.74, 6) is -0.410. The fraction of sp³-hybridized carbons (Fsp3) is 0.357. The van der Waals surface area contributed by atoms with E-state index in [0.29, 0.717) is 18.1 Å². The predicted octanol–water partition coefficient (Wildman–Crippen LogP) is 0.591. The second kappa shape index (κ2) is 8.50. The van der Waals surface area contributed by atoms with Gasteiger partial charge in [0.1, 0.15) is 11.5 Å². The maximum atomic E-state index is 11.5. The van der Waals surface area contributed by atoms with Crippen LogP contribution >= 0.6 is 0 Å².